The van der Waals surface area contributed by atoms with Crippen molar-refractivity contribution in [3.8, 4) is 0 Å². The molecule has 0 amide bonds. The number of allylic oxidation sites excluding steroid dienone is 4. The van der Waals surface area contributed by atoms with Gasteiger partial charge in [-0.1, -0.05) is 11.6 Å². The van der Waals surface area contributed by atoms with Crippen molar-refractivity contribution in [1.82, 2.24) is 0 Å². The number of aliphatic hydroxyl groups excluding tert-OH is 1. The van der Waals surface area contributed by atoms with E-state index in [1.54, 1.807) is 6.92 Å². The molecule has 5 nitrogen and oxygen atoms in total. The Morgan fingerprint density at radius 2 is 2.00 bits per heavy atom. The van der Waals surface area contributed by atoms with Crippen molar-refractivity contribution in [3.05, 3.63) is 55.1 Å². The number of aliphatic hydroxyl groups is 1. The maximum absolute atomic E-state index is 12.7. The van der Waals surface area contributed by atoms with Gasteiger partial charge in [0.1, 0.15) is 10.6 Å². The van der Waals surface area contributed by atoms with Crippen LogP contribution in [0.4, 0.5) is 13.2 Å². The van der Waals surface area contributed by atoms with Crippen LogP contribution in [0.2, 0.25) is 0 Å². The second kappa shape index (κ2) is 6.65. The Labute approximate surface area is 159 Å². The van der Waals surface area contributed by atoms with E-state index in [0.717, 1.165) is 12.1 Å². The summed E-state index contributed by atoms with van der Waals surface area (Å²) >= 11 is 6.42. The molecule has 1 aromatic heterocycles. The van der Waals surface area contributed by atoms with Crippen LogP contribution in [0.3, 0.4) is 0 Å². The number of rotatable bonds is 4. The number of ketones is 1. The number of thiophene rings is 1. The van der Waals surface area contributed by atoms with E-state index in [0.29, 0.717) is 17.0 Å². The number of nitrogens with zero attached hydrogens (tertiary/aromatic N) is 1. The predicted octanol–water partition coefficient (Wildman–Crippen LogP) is 4.86. The summed E-state index contributed by atoms with van der Waals surface area (Å²) < 4.78 is 38.2. The van der Waals surface area contributed by atoms with Gasteiger partial charge in [0.05, 0.1) is 27.6 Å². The number of hydrogen-bond donors (Lipinski definition) is 2. The van der Waals surface area contributed by atoms with Gasteiger partial charge in [-0.15, -0.1) is 11.3 Å². The molecule has 27 heavy (non-hydrogen) atoms. The minimum absolute atomic E-state index is 0.157. The van der Waals surface area contributed by atoms with Gasteiger partial charge in [0.2, 0.25) is 5.78 Å². The minimum Gasteiger partial charge on any atom is -0.506 e. The van der Waals surface area contributed by atoms with Gasteiger partial charge in [0.15, 0.2) is 0 Å². The monoisotopic (exact) mass is 417 g/mol. The lowest BCUT2D eigenvalue weighted by Crippen LogP contribution is -2.18. The van der Waals surface area contributed by atoms with Crippen molar-refractivity contribution in [3.63, 3.8) is 0 Å². The molecule has 0 saturated heterocycles. The highest BCUT2D eigenvalue weighted by Crippen LogP contribution is 2.42. The van der Waals surface area contributed by atoms with Crippen molar-refractivity contribution < 1.29 is 33.0 Å². The second-order valence-corrected chi connectivity index (χ2v) is 7.34. The number of carboxylic acids is 1. The third-order valence-corrected chi connectivity index (χ3v) is 5.60. The van der Waals surface area contributed by atoms with Crippen molar-refractivity contribution in [2.75, 3.05) is 0 Å². The number of halogens is 4. The molecule has 0 saturated carbocycles. The normalized spacial score (nSPS) is 17.4. The van der Waals surface area contributed by atoms with Gasteiger partial charge in [-0.2, -0.15) is 13.2 Å². The number of carbonyl (C=O) groups excluding carboxylic acids is 1. The number of fused-ring (bicyclic) bond motifs is 1. The van der Waals surface area contributed by atoms with E-state index in [4.69, 9.17) is 16.7 Å². The van der Waals surface area contributed by atoms with Crippen molar-refractivity contribution >= 4 is 40.4 Å². The van der Waals surface area contributed by atoms with E-state index in [1.165, 1.54) is 0 Å². The van der Waals surface area contributed by atoms with Crippen molar-refractivity contribution in [2.24, 2.45) is 4.99 Å². The van der Waals surface area contributed by atoms with Crippen LogP contribution < -0.4 is 0 Å². The molecule has 0 unspecified atom stereocenters. The zero-order valence-electron chi connectivity index (χ0n) is 13.6. The summed E-state index contributed by atoms with van der Waals surface area (Å²) in [5.74, 6) is -2.46. The third-order valence-electron chi connectivity index (χ3n) is 4.10. The Morgan fingerprint density at radius 1 is 1.33 bits per heavy atom. The van der Waals surface area contributed by atoms with Crippen LogP contribution in [0.15, 0.2) is 50.3 Å². The van der Waals surface area contributed by atoms with E-state index >= 15 is 0 Å². The number of carboxylic acid groups (broad SMARTS) is 1. The summed E-state index contributed by atoms with van der Waals surface area (Å²) in [6.07, 6.45) is -5.09. The summed E-state index contributed by atoms with van der Waals surface area (Å²) in [5.41, 5.74) is 1.12. The smallest absolute Gasteiger partial charge is 0.425 e. The SMILES string of the molecule is CC1=C(CC(=O)O)C2=C(Cl)C(O)=C(C(=O)c3ccc(C(F)(F)F)s3)CC2=N1. The fourth-order valence-electron chi connectivity index (χ4n) is 2.89. The molecular weight excluding hydrogens is 407 g/mol. The van der Waals surface area contributed by atoms with E-state index in [1.807, 2.05) is 0 Å². The number of hydrogen-bond acceptors (Lipinski definition) is 5. The molecule has 1 aliphatic heterocycles. The molecular formula is C17H11ClF3NO4S. The number of alkyl halides is 3. The molecule has 0 spiro atoms. The fraction of sp³-hybridized carbons (Fsp3) is 0.235. The first-order chi connectivity index (χ1) is 12.5. The van der Waals surface area contributed by atoms with Crippen molar-refractivity contribution in [1.29, 1.82) is 0 Å². The van der Waals surface area contributed by atoms with E-state index in [-0.39, 0.29) is 45.2 Å². The van der Waals surface area contributed by atoms with Gasteiger partial charge in [0, 0.05) is 17.7 Å². The van der Waals surface area contributed by atoms with Gasteiger partial charge in [-0.05, 0) is 24.6 Å². The Morgan fingerprint density at radius 3 is 2.56 bits per heavy atom. The van der Waals surface area contributed by atoms with Gasteiger partial charge >= 0.3 is 12.1 Å². The van der Waals surface area contributed by atoms with Crippen LogP contribution in [0.25, 0.3) is 0 Å². The van der Waals surface area contributed by atoms with Crippen molar-refractivity contribution in [2.45, 2.75) is 25.9 Å². The zero-order chi connectivity index (χ0) is 20.1. The highest BCUT2D eigenvalue weighted by Gasteiger charge is 2.37. The quantitative estimate of drug-likeness (QED) is 0.685. The lowest BCUT2D eigenvalue weighted by molar-refractivity contribution is -0.136. The number of carbonyl (C=O) groups is 2. The van der Waals surface area contributed by atoms with Gasteiger partial charge < -0.3 is 10.2 Å². The molecule has 0 radical (unpaired) electrons. The largest absolute Gasteiger partial charge is 0.506 e. The molecule has 10 heteroatoms. The average molecular weight is 418 g/mol. The maximum Gasteiger partial charge on any atom is 0.425 e. The molecule has 1 aliphatic carbocycles. The Kier molecular flexibility index (Phi) is 4.77. The van der Waals surface area contributed by atoms with E-state index < -0.39 is 28.6 Å². The standard InChI is InChI=1S/C17H11ClF3NO4S/c1-6-7(5-12(23)24)13-9(22-6)4-8(16(26)14(13)18)15(25)10-2-3-11(27-10)17(19,20)21/h2-3,26H,4-5H2,1H3,(H,23,24). The highest BCUT2D eigenvalue weighted by molar-refractivity contribution is 7.14. The molecule has 2 heterocycles. The molecule has 0 atom stereocenters. The highest BCUT2D eigenvalue weighted by atomic mass is 35.5. The first-order valence-electron chi connectivity index (χ1n) is 7.54. The first-order valence-corrected chi connectivity index (χ1v) is 8.74. The minimum atomic E-state index is -4.57. The topological polar surface area (TPSA) is 87.0 Å². The molecule has 142 valence electrons. The third kappa shape index (κ3) is 3.44. The molecule has 2 aliphatic rings. The van der Waals surface area contributed by atoms with Crippen LogP contribution in [-0.2, 0) is 11.0 Å². The molecule has 1 aromatic rings. The van der Waals surface area contributed by atoms with Crippen LogP contribution in [0, 0.1) is 0 Å². The van der Waals surface area contributed by atoms with Crippen LogP contribution in [0.1, 0.15) is 34.3 Å². The Hall–Kier alpha value is -2.39. The van der Waals surface area contributed by atoms with E-state index in [2.05, 4.69) is 4.99 Å². The Balaban J connectivity index is 2.00. The number of aliphatic carboxylic acids is 1. The van der Waals surface area contributed by atoms with E-state index in [9.17, 15) is 27.9 Å². The summed E-state index contributed by atoms with van der Waals surface area (Å²) in [5, 5.41) is 19.1. The van der Waals surface area contributed by atoms with Gasteiger partial charge in [-0.3, -0.25) is 14.6 Å². The fourth-order valence-corrected chi connectivity index (χ4v) is 4.06. The molecule has 0 bridgehead atoms. The number of aliphatic imine (C=N–C) groups is 1. The molecule has 0 fully saturated rings. The van der Waals surface area contributed by atoms with Gasteiger partial charge in [-0.25, -0.2) is 0 Å². The van der Waals surface area contributed by atoms with Crippen LogP contribution in [0.5, 0.6) is 0 Å². The summed E-state index contributed by atoms with van der Waals surface area (Å²) in [6, 6.07) is 1.84. The predicted molar refractivity (Wildman–Crippen MR) is 93.2 cm³/mol. The van der Waals surface area contributed by atoms with Gasteiger partial charge in [0.25, 0.3) is 0 Å². The summed E-state index contributed by atoms with van der Waals surface area (Å²) in [7, 11) is 0. The second-order valence-electron chi connectivity index (χ2n) is 5.88. The summed E-state index contributed by atoms with van der Waals surface area (Å²) in [4.78, 5) is 26.7. The van der Waals surface area contributed by atoms with Crippen LogP contribution in [-0.4, -0.2) is 27.7 Å². The lowest BCUT2D eigenvalue weighted by atomic mass is 9.88. The summed E-state index contributed by atoms with van der Waals surface area (Å²) in [6.45, 7) is 1.58. The van der Waals surface area contributed by atoms with Crippen LogP contribution >= 0.6 is 22.9 Å². The lowest BCUT2D eigenvalue weighted by Gasteiger charge is -2.19. The zero-order valence-corrected chi connectivity index (χ0v) is 15.2. The maximum atomic E-state index is 12.7. The first kappa shape index (κ1) is 19.4. The average Bonchev–Trinajstić information content (AvgIpc) is 3.16. The molecule has 0 aromatic carbocycles. The number of Topliss-reactive ketones (excluding diaryl/α,β-unsaturated/α-hetero) is 1. The molecule has 2 N–H and O–H groups in total. The Bertz CT molecular complexity index is 998. The molecule has 3 rings (SSSR count).